The third kappa shape index (κ3) is 7.48. The van der Waals surface area contributed by atoms with Crippen LogP contribution in [0.3, 0.4) is 0 Å². The number of carbonyl (C=O) groups is 1. The lowest BCUT2D eigenvalue weighted by Crippen LogP contribution is -2.21. The lowest BCUT2D eigenvalue weighted by molar-refractivity contribution is -0.192. The molecular weight excluding hydrogens is 592 g/mol. The molecule has 0 amide bonds. The van der Waals surface area contributed by atoms with Crippen molar-refractivity contribution >= 4 is 28.2 Å². The van der Waals surface area contributed by atoms with Crippen LogP contribution < -0.4 is 16.2 Å². The molecule has 0 spiro atoms. The molecule has 0 radical (unpaired) electrons. The third-order valence-corrected chi connectivity index (χ3v) is 6.74. The van der Waals surface area contributed by atoms with Crippen molar-refractivity contribution in [3.63, 3.8) is 0 Å². The Morgan fingerprint density at radius 2 is 1.69 bits per heavy atom. The number of benzene rings is 3. The molecule has 2 heterocycles. The predicted molar refractivity (Wildman–Crippen MR) is 163 cm³/mol. The van der Waals surface area contributed by atoms with Crippen LogP contribution >= 0.6 is 0 Å². The standard InChI is InChI=1S/C30H31FN6O.C2HF3O2/c1-5-18-13-23(27(31)25(14-18)38-17(2)3)26(24-16-20-15-21(32)11-12-22(20)28(33)34-24)30-35-29(36-37(30)4)19-9-7-6-8-10-19;3-2(4,5)1(6)7/h6-17,26H,5,32H2,1-4H3,(H2,33,34);(H,6,7). The van der Waals surface area contributed by atoms with Crippen molar-refractivity contribution in [3.05, 3.63) is 95.2 Å². The summed E-state index contributed by atoms with van der Waals surface area (Å²) in [4.78, 5) is 18.5. The van der Waals surface area contributed by atoms with Gasteiger partial charge in [0.05, 0.1) is 17.7 Å². The van der Waals surface area contributed by atoms with Gasteiger partial charge in [0.25, 0.3) is 0 Å². The molecule has 5 aromatic rings. The van der Waals surface area contributed by atoms with Gasteiger partial charge in [0.15, 0.2) is 17.4 Å². The number of alkyl halides is 3. The highest BCUT2D eigenvalue weighted by atomic mass is 19.4. The molecule has 1 atom stereocenters. The topological polar surface area (TPSA) is 142 Å². The number of carboxylic acid groups (broad SMARTS) is 1. The second kappa shape index (κ2) is 13.2. The summed E-state index contributed by atoms with van der Waals surface area (Å²) in [6.45, 7) is 5.77. The number of nitrogens with zero attached hydrogens (tertiary/aromatic N) is 4. The summed E-state index contributed by atoms with van der Waals surface area (Å²) in [5.74, 6) is -2.33. The van der Waals surface area contributed by atoms with Gasteiger partial charge in [-0.3, -0.25) is 4.68 Å². The summed E-state index contributed by atoms with van der Waals surface area (Å²) >= 11 is 0. The zero-order chi connectivity index (χ0) is 33.1. The number of aromatic nitrogens is 4. The van der Waals surface area contributed by atoms with Crippen molar-refractivity contribution < 1.29 is 32.2 Å². The maximum absolute atomic E-state index is 16.2. The van der Waals surface area contributed by atoms with Gasteiger partial charge in [0.1, 0.15) is 11.6 Å². The number of aryl methyl sites for hydroxylation is 2. The number of hydrogen-bond donors (Lipinski definition) is 3. The molecule has 0 aliphatic heterocycles. The zero-order valence-electron chi connectivity index (χ0n) is 24.9. The van der Waals surface area contributed by atoms with Gasteiger partial charge < -0.3 is 21.3 Å². The fourth-order valence-corrected chi connectivity index (χ4v) is 4.69. The molecule has 2 aromatic heterocycles. The molecule has 1 unspecified atom stereocenters. The lowest BCUT2D eigenvalue weighted by atomic mass is 9.90. The van der Waals surface area contributed by atoms with Gasteiger partial charge in [0, 0.05) is 29.2 Å². The highest BCUT2D eigenvalue weighted by Crippen LogP contribution is 2.38. The molecular formula is C32H32F4N6O3. The monoisotopic (exact) mass is 624 g/mol. The SMILES string of the molecule is CCc1cc(OC(C)C)c(F)c(C(c2cc3cc(N)ccc3c(N)n2)c2nc(-c3ccccc3)nn2C)c1.O=C(O)C(F)(F)F. The average molecular weight is 625 g/mol. The normalized spacial score (nSPS) is 12.1. The van der Waals surface area contributed by atoms with Crippen LogP contribution in [0.5, 0.6) is 5.75 Å². The maximum Gasteiger partial charge on any atom is 0.490 e. The molecule has 0 saturated carbocycles. The minimum atomic E-state index is -5.08. The zero-order valence-corrected chi connectivity index (χ0v) is 24.9. The predicted octanol–water partition coefficient (Wildman–Crippen LogP) is 6.50. The van der Waals surface area contributed by atoms with E-state index in [1.165, 1.54) is 0 Å². The van der Waals surface area contributed by atoms with Crippen LogP contribution in [0.4, 0.5) is 29.1 Å². The Morgan fingerprint density at radius 1 is 1.02 bits per heavy atom. The van der Waals surface area contributed by atoms with Gasteiger partial charge in [-0.1, -0.05) is 43.3 Å². The minimum absolute atomic E-state index is 0.195. The number of carboxylic acids is 1. The number of aliphatic carboxylic acids is 1. The largest absolute Gasteiger partial charge is 0.490 e. The number of nitrogens with two attached hydrogens (primary N) is 2. The lowest BCUT2D eigenvalue weighted by Gasteiger charge is -2.21. The van der Waals surface area contributed by atoms with Crippen LogP contribution in [0.1, 0.15) is 49.3 Å². The van der Waals surface area contributed by atoms with Crippen molar-refractivity contribution in [3.8, 4) is 17.1 Å². The molecule has 236 valence electrons. The van der Waals surface area contributed by atoms with Crippen molar-refractivity contribution in [1.82, 2.24) is 19.7 Å². The van der Waals surface area contributed by atoms with Gasteiger partial charge >= 0.3 is 12.1 Å². The molecule has 5 rings (SSSR count). The molecule has 0 fully saturated rings. The van der Waals surface area contributed by atoms with Gasteiger partial charge in [-0.05, 0) is 61.5 Å². The number of hydrogen-bond acceptors (Lipinski definition) is 7. The Hall–Kier alpha value is -5.20. The van der Waals surface area contributed by atoms with E-state index in [1.54, 1.807) is 23.9 Å². The van der Waals surface area contributed by atoms with Crippen LogP contribution in [-0.2, 0) is 18.3 Å². The van der Waals surface area contributed by atoms with Crippen LogP contribution in [0.2, 0.25) is 0 Å². The van der Waals surface area contributed by atoms with E-state index in [0.29, 0.717) is 40.8 Å². The van der Waals surface area contributed by atoms with Crippen LogP contribution in [0, 0.1) is 5.82 Å². The molecule has 0 saturated heterocycles. The fraction of sp³-hybridized carbons (Fsp3) is 0.250. The van der Waals surface area contributed by atoms with E-state index >= 15 is 4.39 Å². The first kappa shape index (κ1) is 32.7. The Labute approximate surface area is 256 Å². The number of rotatable bonds is 7. The van der Waals surface area contributed by atoms with Gasteiger partial charge in [-0.25, -0.2) is 19.2 Å². The first-order valence-corrected chi connectivity index (χ1v) is 13.9. The third-order valence-electron chi connectivity index (χ3n) is 6.74. The summed E-state index contributed by atoms with van der Waals surface area (Å²) in [5, 5.41) is 13.4. The molecule has 0 aliphatic rings. The number of ether oxygens (including phenoxy) is 1. The summed E-state index contributed by atoms with van der Waals surface area (Å²) in [6.07, 6.45) is -4.58. The van der Waals surface area contributed by atoms with E-state index in [9.17, 15) is 13.2 Å². The fourth-order valence-electron chi connectivity index (χ4n) is 4.69. The number of fused-ring (bicyclic) bond motifs is 1. The smallest absolute Gasteiger partial charge is 0.488 e. The average Bonchev–Trinajstić information content (AvgIpc) is 3.35. The van der Waals surface area contributed by atoms with E-state index in [-0.39, 0.29) is 11.9 Å². The number of nitrogen functional groups attached to an aromatic ring is 2. The van der Waals surface area contributed by atoms with Crippen molar-refractivity contribution in [2.24, 2.45) is 7.05 Å². The molecule has 9 nitrogen and oxygen atoms in total. The van der Waals surface area contributed by atoms with E-state index in [0.717, 1.165) is 21.9 Å². The Bertz CT molecular complexity index is 1820. The maximum atomic E-state index is 16.2. The second-order valence-corrected chi connectivity index (χ2v) is 10.4. The molecule has 13 heteroatoms. The van der Waals surface area contributed by atoms with E-state index in [2.05, 4.69) is 5.10 Å². The van der Waals surface area contributed by atoms with Crippen LogP contribution in [0.25, 0.3) is 22.2 Å². The summed E-state index contributed by atoms with van der Waals surface area (Å²) in [5.41, 5.74) is 15.8. The molecule has 3 aromatic carbocycles. The van der Waals surface area contributed by atoms with Crippen LogP contribution in [0.15, 0.2) is 66.7 Å². The second-order valence-electron chi connectivity index (χ2n) is 10.4. The summed E-state index contributed by atoms with van der Waals surface area (Å²) in [7, 11) is 1.80. The summed E-state index contributed by atoms with van der Waals surface area (Å²) < 4.78 is 55.5. The van der Waals surface area contributed by atoms with Crippen molar-refractivity contribution in [2.45, 2.75) is 45.4 Å². The van der Waals surface area contributed by atoms with E-state index in [1.807, 2.05) is 75.4 Å². The number of halogens is 4. The highest BCUT2D eigenvalue weighted by Gasteiger charge is 2.38. The Balaban J connectivity index is 0.000000591. The number of anilines is 2. The first-order chi connectivity index (χ1) is 21.2. The Kier molecular flexibility index (Phi) is 9.60. The van der Waals surface area contributed by atoms with Gasteiger partial charge in [-0.15, -0.1) is 0 Å². The summed E-state index contributed by atoms with van der Waals surface area (Å²) in [6, 6.07) is 20.6. The molecule has 45 heavy (non-hydrogen) atoms. The minimum Gasteiger partial charge on any atom is -0.488 e. The first-order valence-electron chi connectivity index (χ1n) is 13.9. The van der Waals surface area contributed by atoms with Gasteiger partial charge in [0.2, 0.25) is 0 Å². The quantitative estimate of drug-likeness (QED) is 0.138. The highest BCUT2D eigenvalue weighted by molar-refractivity contribution is 5.93. The van der Waals surface area contributed by atoms with Crippen LogP contribution in [-0.4, -0.2) is 43.1 Å². The Morgan fingerprint density at radius 3 is 2.29 bits per heavy atom. The van der Waals surface area contributed by atoms with Crippen molar-refractivity contribution in [2.75, 3.05) is 11.5 Å². The molecule has 5 N–H and O–H groups in total. The van der Waals surface area contributed by atoms with Gasteiger partial charge in [-0.2, -0.15) is 18.3 Å². The molecule has 0 aliphatic carbocycles. The number of pyridine rings is 1. The van der Waals surface area contributed by atoms with E-state index < -0.39 is 23.9 Å². The van der Waals surface area contributed by atoms with Crippen molar-refractivity contribution in [1.29, 1.82) is 0 Å². The van der Waals surface area contributed by atoms with E-state index in [4.69, 9.17) is 36.1 Å². The molecule has 0 bridgehead atoms.